The summed E-state index contributed by atoms with van der Waals surface area (Å²) < 4.78 is 1.63. The van der Waals surface area contributed by atoms with Gasteiger partial charge in [-0.15, -0.1) is 0 Å². The normalized spacial score (nSPS) is 19.7. The van der Waals surface area contributed by atoms with Gasteiger partial charge < -0.3 is 9.80 Å². The van der Waals surface area contributed by atoms with Gasteiger partial charge >= 0.3 is 0 Å². The standard InChI is InChI=1S/C20H24N4O2S/c1-14-3-4-15(2)17(11-14)22-7-9-23(10-8-22)19(26)16-12-24-18(25)5-6-21-20(24)27-13-16/h3-6,11,16H,7-10,12-13H2,1-2H3. The molecule has 2 aliphatic rings. The van der Waals surface area contributed by atoms with Crippen LogP contribution in [0, 0.1) is 19.8 Å². The SMILES string of the molecule is Cc1ccc(C)c(N2CCN(C(=O)C3CSc4nccc(=O)n4C3)CC2)c1. The first-order valence-corrected chi connectivity index (χ1v) is 10.3. The van der Waals surface area contributed by atoms with E-state index in [0.29, 0.717) is 17.5 Å². The summed E-state index contributed by atoms with van der Waals surface area (Å²) >= 11 is 1.50. The highest BCUT2D eigenvalue weighted by atomic mass is 32.2. The van der Waals surface area contributed by atoms with E-state index in [2.05, 4.69) is 41.9 Å². The Balaban J connectivity index is 1.41. The summed E-state index contributed by atoms with van der Waals surface area (Å²) in [5, 5.41) is 0.714. The molecule has 7 heteroatoms. The second-order valence-corrected chi connectivity index (χ2v) is 8.27. The summed E-state index contributed by atoms with van der Waals surface area (Å²) in [4.78, 5) is 33.6. The molecule has 1 amide bonds. The van der Waals surface area contributed by atoms with Crippen LogP contribution in [-0.4, -0.2) is 52.3 Å². The number of hydrogen-bond donors (Lipinski definition) is 0. The number of fused-ring (bicyclic) bond motifs is 1. The van der Waals surface area contributed by atoms with Crippen LogP contribution in [0.25, 0.3) is 0 Å². The number of aryl methyl sites for hydroxylation is 2. The molecule has 1 aromatic heterocycles. The van der Waals surface area contributed by atoms with E-state index in [1.165, 1.54) is 40.8 Å². The van der Waals surface area contributed by atoms with Crippen molar-refractivity contribution in [2.75, 3.05) is 36.8 Å². The molecular weight excluding hydrogens is 360 g/mol. The zero-order chi connectivity index (χ0) is 19.0. The van der Waals surface area contributed by atoms with Gasteiger partial charge in [-0.3, -0.25) is 14.2 Å². The monoisotopic (exact) mass is 384 g/mol. The van der Waals surface area contributed by atoms with Crippen LogP contribution >= 0.6 is 11.8 Å². The lowest BCUT2D eigenvalue weighted by atomic mass is 10.1. The third kappa shape index (κ3) is 3.60. The van der Waals surface area contributed by atoms with Crippen molar-refractivity contribution in [1.29, 1.82) is 0 Å². The van der Waals surface area contributed by atoms with Gasteiger partial charge in [0.05, 0.1) is 5.92 Å². The second-order valence-electron chi connectivity index (χ2n) is 7.29. The molecule has 4 rings (SSSR count). The van der Waals surface area contributed by atoms with Gasteiger partial charge in [0.25, 0.3) is 5.56 Å². The highest BCUT2D eigenvalue weighted by Gasteiger charge is 2.31. The molecule has 1 unspecified atom stereocenters. The zero-order valence-electron chi connectivity index (χ0n) is 15.7. The minimum absolute atomic E-state index is 0.0789. The minimum Gasteiger partial charge on any atom is -0.368 e. The van der Waals surface area contributed by atoms with Crippen molar-refractivity contribution in [3.8, 4) is 0 Å². The zero-order valence-corrected chi connectivity index (χ0v) is 16.5. The highest BCUT2D eigenvalue weighted by Crippen LogP contribution is 2.27. The Labute approximate surface area is 163 Å². The Morgan fingerprint density at radius 1 is 1.15 bits per heavy atom. The number of carbonyl (C=O) groups excluding carboxylic acids is 1. The second kappa shape index (κ2) is 7.38. The van der Waals surface area contributed by atoms with Crippen molar-refractivity contribution in [2.24, 2.45) is 5.92 Å². The lowest BCUT2D eigenvalue weighted by Crippen LogP contribution is -2.52. The maximum atomic E-state index is 13.0. The van der Waals surface area contributed by atoms with Gasteiger partial charge in [0.2, 0.25) is 5.91 Å². The molecule has 0 saturated carbocycles. The largest absolute Gasteiger partial charge is 0.368 e. The number of benzene rings is 1. The number of carbonyl (C=O) groups is 1. The maximum Gasteiger partial charge on any atom is 0.254 e. The van der Waals surface area contributed by atoms with Crippen LogP contribution in [0.5, 0.6) is 0 Å². The van der Waals surface area contributed by atoms with E-state index in [0.717, 1.165) is 26.2 Å². The Bertz CT molecular complexity index is 918. The molecule has 0 N–H and O–H groups in total. The van der Waals surface area contributed by atoms with E-state index >= 15 is 0 Å². The molecule has 0 spiro atoms. The quantitative estimate of drug-likeness (QED) is 0.741. The molecule has 0 bridgehead atoms. The molecule has 142 valence electrons. The number of anilines is 1. The van der Waals surface area contributed by atoms with Gasteiger partial charge in [0.15, 0.2) is 5.16 Å². The fourth-order valence-electron chi connectivity index (χ4n) is 3.79. The number of amides is 1. The lowest BCUT2D eigenvalue weighted by Gasteiger charge is -2.38. The molecule has 0 aliphatic carbocycles. The van der Waals surface area contributed by atoms with E-state index in [1.54, 1.807) is 4.57 Å². The Morgan fingerprint density at radius 2 is 1.93 bits per heavy atom. The molecule has 1 aromatic carbocycles. The van der Waals surface area contributed by atoms with Crippen LogP contribution in [-0.2, 0) is 11.3 Å². The van der Waals surface area contributed by atoms with Crippen molar-refractivity contribution in [3.63, 3.8) is 0 Å². The summed E-state index contributed by atoms with van der Waals surface area (Å²) in [5.74, 6) is 0.688. The predicted molar refractivity (Wildman–Crippen MR) is 107 cm³/mol. The molecule has 6 nitrogen and oxygen atoms in total. The van der Waals surface area contributed by atoms with Crippen LogP contribution in [0.2, 0.25) is 0 Å². The molecule has 0 radical (unpaired) electrons. The third-order valence-corrected chi connectivity index (χ3v) is 6.51. The van der Waals surface area contributed by atoms with E-state index in [4.69, 9.17) is 0 Å². The van der Waals surface area contributed by atoms with Crippen LogP contribution in [0.1, 0.15) is 11.1 Å². The number of hydrogen-bond acceptors (Lipinski definition) is 5. The first-order chi connectivity index (χ1) is 13.0. The molecule has 3 heterocycles. The van der Waals surface area contributed by atoms with Crippen LogP contribution in [0.4, 0.5) is 5.69 Å². The van der Waals surface area contributed by atoms with Gasteiger partial charge in [-0.25, -0.2) is 4.98 Å². The Hall–Kier alpha value is -2.28. The summed E-state index contributed by atoms with van der Waals surface area (Å²) in [7, 11) is 0. The molecule has 1 saturated heterocycles. The van der Waals surface area contributed by atoms with E-state index in [9.17, 15) is 9.59 Å². The van der Waals surface area contributed by atoms with Crippen molar-refractivity contribution in [3.05, 3.63) is 51.9 Å². The van der Waals surface area contributed by atoms with E-state index < -0.39 is 0 Å². The molecule has 1 atom stereocenters. The first kappa shape index (κ1) is 18.1. The van der Waals surface area contributed by atoms with Crippen molar-refractivity contribution in [2.45, 2.75) is 25.5 Å². The summed E-state index contributed by atoms with van der Waals surface area (Å²) in [6.07, 6.45) is 1.54. The fraction of sp³-hybridized carbons (Fsp3) is 0.450. The smallest absolute Gasteiger partial charge is 0.254 e. The topological polar surface area (TPSA) is 58.4 Å². The van der Waals surface area contributed by atoms with Crippen molar-refractivity contribution < 1.29 is 4.79 Å². The van der Waals surface area contributed by atoms with Gasteiger partial charge in [-0.1, -0.05) is 23.9 Å². The molecular formula is C20H24N4O2S. The number of thioether (sulfide) groups is 1. The number of nitrogens with zero attached hydrogens (tertiary/aromatic N) is 4. The fourth-order valence-corrected chi connectivity index (χ4v) is 4.84. The summed E-state index contributed by atoms with van der Waals surface area (Å²) in [6.45, 7) is 7.81. The molecule has 2 aliphatic heterocycles. The maximum absolute atomic E-state index is 13.0. The van der Waals surface area contributed by atoms with E-state index in [-0.39, 0.29) is 17.4 Å². The van der Waals surface area contributed by atoms with Gasteiger partial charge in [0.1, 0.15) is 0 Å². The minimum atomic E-state index is -0.156. The third-order valence-electron chi connectivity index (χ3n) is 5.36. The van der Waals surface area contributed by atoms with Crippen LogP contribution in [0.15, 0.2) is 40.4 Å². The molecule has 27 heavy (non-hydrogen) atoms. The first-order valence-electron chi connectivity index (χ1n) is 9.32. The lowest BCUT2D eigenvalue weighted by molar-refractivity contribution is -0.135. The number of piperazine rings is 1. The van der Waals surface area contributed by atoms with Crippen LogP contribution < -0.4 is 10.5 Å². The van der Waals surface area contributed by atoms with Crippen molar-refractivity contribution in [1.82, 2.24) is 14.5 Å². The van der Waals surface area contributed by atoms with Gasteiger partial charge in [-0.05, 0) is 31.0 Å². The molecule has 1 fully saturated rings. The summed E-state index contributed by atoms with van der Waals surface area (Å²) in [6, 6.07) is 7.97. The van der Waals surface area contributed by atoms with Gasteiger partial charge in [0, 0.05) is 56.4 Å². The summed E-state index contributed by atoms with van der Waals surface area (Å²) in [5.41, 5.74) is 3.71. The number of rotatable bonds is 2. The highest BCUT2D eigenvalue weighted by molar-refractivity contribution is 7.99. The van der Waals surface area contributed by atoms with Gasteiger partial charge in [-0.2, -0.15) is 0 Å². The average Bonchev–Trinajstić information content (AvgIpc) is 2.69. The average molecular weight is 385 g/mol. The van der Waals surface area contributed by atoms with Crippen molar-refractivity contribution >= 4 is 23.4 Å². The Kier molecular flexibility index (Phi) is 4.95. The Morgan fingerprint density at radius 3 is 2.70 bits per heavy atom. The molecule has 2 aromatic rings. The van der Waals surface area contributed by atoms with E-state index in [1.807, 2.05) is 4.90 Å². The number of aromatic nitrogens is 2. The predicted octanol–water partition coefficient (Wildman–Crippen LogP) is 1.93. The van der Waals surface area contributed by atoms with Crippen LogP contribution in [0.3, 0.4) is 0 Å².